The van der Waals surface area contributed by atoms with Gasteiger partial charge in [-0.3, -0.25) is 13.9 Å². The SMILES string of the molecule is Cc1ccc(S(=O)(=O)N(CC(=O)N(Cc2ccc(Cl)cc2Cl)C(C)C(=O)NC(C)C)c2ccc(C)c(Cl)c2)cc1. The van der Waals surface area contributed by atoms with Gasteiger partial charge in [-0.25, -0.2) is 8.42 Å². The van der Waals surface area contributed by atoms with Crippen molar-refractivity contribution in [1.82, 2.24) is 10.2 Å². The molecule has 2 amide bonds. The van der Waals surface area contributed by atoms with Gasteiger partial charge >= 0.3 is 0 Å². The summed E-state index contributed by atoms with van der Waals surface area (Å²) in [5, 5.41) is 3.90. The van der Waals surface area contributed by atoms with Gasteiger partial charge in [0.05, 0.1) is 10.6 Å². The van der Waals surface area contributed by atoms with E-state index in [4.69, 9.17) is 34.8 Å². The number of anilines is 1. The molecule has 40 heavy (non-hydrogen) atoms. The molecule has 0 aromatic heterocycles. The van der Waals surface area contributed by atoms with Crippen LogP contribution in [0.25, 0.3) is 0 Å². The average Bonchev–Trinajstić information content (AvgIpc) is 2.87. The highest BCUT2D eigenvalue weighted by Crippen LogP contribution is 2.29. The van der Waals surface area contributed by atoms with Gasteiger partial charge in [-0.1, -0.05) is 64.6 Å². The van der Waals surface area contributed by atoms with Crippen LogP contribution in [0.3, 0.4) is 0 Å². The number of carbonyl (C=O) groups is 2. The Morgan fingerprint density at radius 3 is 2.10 bits per heavy atom. The molecular weight excluding hydrogens is 593 g/mol. The molecule has 1 N–H and O–H groups in total. The normalized spacial score (nSPS) is 12.2. The highest BCUT2D eigenvalue weighted by atomic mass is 35.5. The molecular formula is C29H32Cl3N3O4S. The Morgan fingerprint density at radius 2 is 1.52 bits per heavy atom. The summed E-state index contributed by atoms with van der Waals surface area (Å²) in [7, 11) is -4.20. The number of hydrogen-bond donors (Lipinski definition) is 1. The lowest BCUT2D eigenvalue weighted by atomic mass is 10.1. The first-order valence-corrected chi connectivity index (χ1v) is 15.2. The maximum Gasteiger partial charge on any atom is 0.264 e. The van der Waals surface area contributed by atoms with Crippen molar-refractivity contribution in [3.8, 4) is 0 Å². The van der Waals surface area contributed by atoms with Crippen molar-refractivity contribution in [3.05, 3.63) is 92.4 Å². The van der Waals surface area contributed by atoms with E-state index >= 15 is 0 Å². The van der Waals surface area contributed by atoms with Crippen LogP contribution >= 0.6 is 34.8 Å². The van der Waals surface area contributed by atoms with Crippen LogP contribution in [0.2, 0.25) is 15.1 Å². The van der Waals surface area contributed by atoms with Crippen molar-refractivity contribution >= 4 is 62.3 Å². The predicted octanol–water partition coefficient (Wildman–Crippen LogP) is 6.40. The lowest BCUT2D eigenvalue weighted by molar-refractivity contribution is -0.139. The molecule has 0 spiro atoms. The van der Waals surface area contributed by atoms with E-state index < -0.39 is 28.5 Å². The summed E-state index contributed by atoms with van der Waals surface area (Å²) in [4.78, 5) is 28.3. The Morgan fingerprint density at radius 1 is 0.875 bits per heavy atom. The summed E-state index contributed by atoms with van der Waals surface area (Å²) in [6, 6.07) is 14.9. The Labute approximate surface area is 251 Å². The Balaban J connectivity index is 2.08. The highest BCUT2D eigenvalue weighted by Gasteiger charge is 2.33. The van der Waals surface area contributed by atoms with Gasteiger partial charge in [0.25, 0.3) is 10.0 Å². The first kappa shape index (κ1) is 31.7. The summed E-state index contributed by atoms with van der Waals surface area (Å²) >= 11 is 18.8. The first-order valence-electron chi connectivity index (χ1n) is 12.6. The van der Waals surface area contributed by atoms with Gasteiger partial charge in [0.15, 0.2) is 0 Å². The molecule has 0 fully saturated rings. The van der Waals surface area contributed by atoms with E-state index in [1.165, 1.54) is 23.1 Å². The molecule has 11 heteroatoms. The van der Waals surface area contributed by atoms with Crippen LogP contribution in [-0.4, -0.2) is 43.8 Å². The van der Waals surface area contributed by atoms with Crippen molar-refractivity contribution in [3.63, 3.8) is 0 Å². The lowest BCUT2D eigenvalue weighted by Gasteiger charge is -2.32. The van der Waals surface area contributed by atoms with E-state index in [1.807, 2.05) is 20.8 Å². The number of aryl methyl sites for hydroxylation is 2. The third-order valence-electron chi connectivity index (χ3n) is 6.29. The summed E-state index contributed by atoms with van der Waals surface area (Å²) in [5.41, 5.74) is 2.40. The van der Waals surface area contributed by atoms with E-state index in [0.717, 1.165) is 15.4 Å². The summed E-state index contributed by atoms with van der Waals surface area (Å²) in [6.07, 6.45) is 0. The second-order valence-corrected chi connectivity index (χ2v) is 13.0. The Kier molecular flexibility index (Phi) is 10.5. The van der Waals surface area contributed by atoms with Gasteiger partial charge in [-0.05, 0) is 82.1 Å². The van der Waals surface area contributed by atoms with Gasteiger partial charge in [0, 0.05) is 27.7 Å². The maximum absolute atomic E-state index is 14.0. The maximum atomic E-state index is 14.0. The summed E-state index contributed by atoms with van der Waals surface area (Å²) in [5.74, 6) is -0.996. The summed E-state index contributed by atoms with van der Waals surface area (Å²) in [6.45, 7) is 8.22. The zero-order valence-corrected chi connectivity index (χ0v) is 26.0. The largest absolute Gasteiger partial charge is 0.352 e. The number of halogens is 3. The van der Waals surface area contributed by atoms with Crippen molar-refractivity contribution in [2.75, 3.05) is 10.8 Å². The smallest absolute Gasteiger partial charge is 0.264 e. The standard InChI is InChI=1S/C29H32Cl3N3O4S/c1-18(2)33-29(37)21(5)34(16-22-9-10-23(30)14-27(22)32)28(36)17-35(24-11-8-20(4)26(31)15-24)40(38,39)25-12-6-19(3)7-13-25/h6-15,18,21H,16-17H2,1-5H3,(H,33,37). The fourth-order valence-electron chi connectivity index (χ4n) is 3.92. The van der Waals surface area contributed by atoms with Crippen LogP contribution < -0.4 is 9.62 Å². The van der Waals surface area contributed by atoms with E-state index in [9.17, 15) is 18.0 Å². The van der Waals surface area contributed by atoms with Crippen molar-refractivity contribution in [2.45, 2.75) is 58.1 Å². The topological polar surface area (TPSA) is 86.8 Å². The molecule has 1 unspecified atom stereocenters. The number of sulfonamides is 1. The van der Waals surface area contributed by atoms with Gasteiger partial charge in [0.1, 0.15) is 12.6 Å². The molecule has 0 radical (unpaired) electrons. The Bertz CT molecular complexity index is 1490. The van der Waals surface area contributed by atoms with E-state index in [0.29, 0.717) is 20.6 Å². The quantitative estimate of drug-likeness (QED) is 0.283. The van der Waals surface area contributed by atoms with Crippen molar-refractivity contribution in [2.24, 2.45) is 0 Å². The zero-order chi connectivity index (χ0) is 29.8. The number of hydrogen-bond acceptors (Lipinski definition) is 4. The molecule has 0 aliphatic heterocycles. The molecule has 0 heterocycles. The molecule has 3 aromatic carbocycles. The van der Waals surface area contributed by atoms with Crippen LogP contribution in [0.1, 0.15) is 37.5 Å². The predicted molar refractivity (Wildman–Crippen MR) is 162 cm³/mol. The van der Waals surface area contributed by atoms with Gasteiger partial charge in [-0.15, -0.1) is 0 Å². The molecule has 0 saturated heterocycles. The van der Waals surface area contributed by atoms with Gasteiger partial charge < -0.3 is 10.2 Å². The second kappa shape index (κ2) is 13.3. The molecule has 0 aliphatic rings. The van der Waals surface area contributed by atoms with Crippen LogP contribution in [0.5, 0.6) is 0 Å². The minimum atomic E-state index is -4.20. The number of amides is 2. The molecule has 0 bridgehead atoms. The van der Waals surface area contributed by atoms with Crippen LogP contribution in [0.15, 0.2) is 65.6 Å². The minimum Gasteiger partial charge on any atom is -0.352 e. The van der Waals surface area contributed by atoms with Crippen LogP contribution in [0.4, 0.5) is 5.69 Å². The number of carbonyl (C=O) groups excluding carboxylic acids is 2. The van der Waals surface area contributed by atoms with Crippen molar-refractivity contribution < 1.29 is 18.0 Å². The van der Waals surface area contributed by atoms with E-state index in [-0.39, 0.29) is 29.1 Å². The van der Waals surface area contributed by atoms with Crippen molar-refractivity contribution in [1.29, 1.82) is 0 Å². The molecule has 0 aliphatic carbocycles. The zero-order valence-electron chi connectivity index (χ0n) is 22.9. The molecule has 214 valence electrons. The lowest BCUT2D eigenvalue weighted by Crippen LogP contribution is -2.52. The number of benzene rings is 3. The molecule has 1 atom stereocenters. The molecule has 3 aromatic rings. The number of nitrogens with one attached hydrogen (secondary N) is 1. The van der Waals surface area contributed by atoms with Gasteiger partial charge in [0.2, 0.25) is 11.8 Å². The van der Waals surface area contributed by atoms with E-state index in [1.54, 1.807) is 56.3 Å². The summed E-state index contributed by atoms with van der Waals surface area (Å²) < 4.78 is 28.8. The Hall–Kier alpha value is -2.78. The monoisotopic (exact) mass is 623 g/mol. The van der Waals surface area contributed by atoms with E-state index in [2.05, 4.69) is 5.32 Å². The number of nitrogens with zero attached hydrogens (tertiary/aromatic N) is 2. The molecule has 7 nitrogen and oxygen atoms in total. The van der Waals surface area contributed by atoms with Crippen LogP contribution in [-0.2, 0) is 26.2 Å². The first-order chi connectivity index (χ1) is 18.7. The minimum absolute atomic E-state index is 0.0143. The number of rotatable bonds is 10. The highest BCUT2D eigenvalue weighted by molar-refractivity contribution is 7.92. The fourth-order valence-corrected chi connectivity index (χ4v) is 5.97. The van der Waals surface area contributed by atoms with Crippen LogP contribution in [0, 0.1) is 13.8 Å². The fraction of sp³-hybridized carbons (Fsp3) is 0.310. The second-order valence-electron chi connectivity index (χ2n) is 9.85. The average molecular weight is 625 g/mol. The van der Waals surface area contributed by atoms with Gasteiger partial charge in [-0.2, -0.15) is 0 Å². The third-order valence-corrected chi connectivity index (χ3v) is 9.07. The molecule has 0 saturated carbocycles. The molecule has 3 rings (SSSR count). The third kappa shape index (κ3) is 7.69.